The topological polar surface area (TPSA) is 34.1 Å². The van der Waals surface area contributed by atoms with Gasteiger partial charge in [0.1, 0.15) is 0 Å². The van der Waals surface area contributed by atoms with Gasteiger partial charge in [-0.1, -0.05) is 0 Å². The lowest BCUT2D eigenvalue weighted by Gasteiger charge is -2.33. The largest absolute Gasteiger partial charge is 0.417 e. The molecule has 0 radical (unpaired) electrons. The Morgan fingerprint density at radius 2 is 1.04 bits per heavy atom. The van der Waals surface area contributed by atoms with E-state index in [2.05, 4.69) is 0 Å². The summed E-state index contributed by atoms with van der Waals surface area (Å²) in [7, 11) is -7.39. The molecule has 1 rings (SSSR count). The first-order chi connectivity index (χ1) is 9.71. The summed E-state index contributed by atoms with van der Waals surface area (Å²) in [5.74, 6) is -4.39. The molecule has 1 fully saturated rings. The summed E-state index contributed by atoms with van der Waals surface area (Å²) in [5.41, 5.74) is 0. The van der Waals surface area contributed by atoms with Crippen LogP contribution < -0.4 is 0 Å². The fraction of sp³-hybridized carbons (Fsp3) is 1.00. The van der Waals surface area contributed by atoms with E-state index < -0.39 is 56.9 Å². The number of rotatable bonds is 0. The lowest BCUT2D eigenvalue weighted by molar-refractivity contribution is -0.276. The zero-order chi connectivity index (χ0) is 18.9. The Kier molecular flexibility index (Phi) is 4.22. The van der Waals surface area contributed by atoms with Gasteiger partial charge in [0.05, 0.1) is 5.92 Å². The lowest BCUT2D eigenvalue weighted by Crippen LogP contribution is -2.61. The maximum atomic E-state index is 12.7. The molecule has 0 bridgehead atoms. The Balaban J connectivity index is 3.86. The van der Waals surface area contributed by atoms with E-state index in [1.807, 2.05) is 0 Å². The fourth-order valence-electron chi connectivity index (χ4n) is 2.37. The van der Waals surface area contributed by atoms with E-state index in [4.69, 9.17) is 0 Å². The van der Waals surface area contributed by atoms with Gasteiger partial charge in [-0.15, -0.1) is 0 Å². The minimum Gasteiger partial charge on any atom is -0.227 e. The van der Waals surface area contributed by atoms with Crippen molar-refractivity contribution in [3.63, 3.8) is 0 Å². The number of alkyl halides is 12. The van der Waals surface area contributed by atoms with Crippen LogP contribution in [0.4, 0.5) is 52.7 Å². The summed E-state index contributed by atoms with van der Waals surface area (Å²) in [6.07, 6.45) is -29.9. The summed E-state index contributed by atoms with van der Waals surface area (Å²) in [6.45, 7) is 0. The second kappa shape index (κ2) is 4.81. The van der Waals surface area contributed by atoms with Gasteiger partial charge in [-0.3, -0.25) is 0 Å². The molecule has 0 aromatic heterocycles. The van der Waals surface area contributed by atoms with Gasteiger partial charge in [-0.05, 0) is 6.42 Å². The SMILES string of the molecule is O=S1(=O)C(C(F)(F)F)C(C(F)(F)F)CC1(C(F)(F)F)C(F)(F)F. The molecule has 23 heavy (non-hydrogen) atoms. The maximum absolute atomic E-state index is 12.7. The Labute approximate surface area is 119 Å². The maximum Gasteiger partial charge on any atom is 0.417 e. The van der Waals surface area contributed by atoms with Crippen LogP contribution >= 0.6 is 0 Å². The van der Waals surface area contributed by atoms with Crippen LogP contribution in [-0.2, 0) is 9.84 Å². The van der Waals surface area contributed by atoms with Gasteiger partial charge in [0, 0.05) is 0 Å². The van der Waals surface area contributed by atoms with Crippen LogP contribution in [0.3, 0.4) is 0 Å². The highest BCUT2D eigenvalue weighted by Gasteiger charge is 2.87. The zero-order valence-electron chi connectivity index (χ0n) is 10.1. The van der Waals surface area contributed by atoms with Crippen molar-refractivity contribution in [1.82, 2.24) is 0 Å². The molecule has 0 N–H and O–H groups in total. The van der Waals surface area contributed by atoms with Crippen LogP contribution in [-0.4, -0.2) is 43.1 Å². The molecule has 0 amide bonds. The van der Waals surface area contributed by atoms with Crippen molar-refractivity contribution in [3.8, 4) is 0 Å². The Morgan fingerprint density at radius 1 is 0.696 bits per heavy atom. The minimum absolute atomic E-state index is 3.34. The van der Waals surface area contributed by atoms with E-state index in [9.17, 15) is 61.1 Å². The lowest BCUT2D eigenvalue weighted by atomic mass is 9.90. The molecule has 15 heteroatoms. The van der Waals surface area contributed by atoms with Crippen molar-refractivity contribution >= 4 is 9.84 Å². The summed E-state index contributed by atoms with van der Waals surface area (Å²) < 4.78 is 168. The predicted molar refractivity (Wildman–Crippen MR) is 47.8 cm³/mol. The van der Waals surface area contributed by atoms with E-state index in [0.717, 1.165) is 0 Å². The van der Waals surface area contributed by atoms with Gasteiger partial charge in [-0.2, -0.15) is 52.7 Å². The quantitative estimate of drug-likeness (QED) is 0.589. The predicted octanol–water partition coefficient (Wildman–Crippen LogP) is 3.78. The van der Waals surface area contributed by atoms with E-state index >= 15 is 0 Å². The van der Waals surface area contributed by atoms with Crippen molar-refractivity contribution in [2.45, 2.75) is 41.1 Å². The number of hydrogen-bond acceptors (Lipinski definition) is 2. The number of sulfone groups is 1. The van der Waals surface area contributed by atoms with Crippen molar-refractivity contribution in [2.75, 3.05) is 0 Å². The van der Waals surface area contributed by atoms with Crippen LogP contribution in [0.15, 0.2) is 0 Å². The Bertz CT molecular complexity index is 548. The average molecular weight is 392 g/mol. The molecular formula is C8H4F12O2S. The molecule has 2 unspecified atom stereocenters. The molecule has 1 saturated heterocycles. The molecule has 2 nitrogen and oxygen atoms in total. The summed E-state index contributed by atoms with van der Waals surface area (Å²) in [5, 5.41) is -4.86. The van der Waals surface area contributed by atoms with Gasteiger partial charge in [-0.25, -0.2) is 8.42 Å². The molecule has 1 aliphatic heterocycles. The average Bonchev–Trinajstić information content (AvgIpc) is 2.42. The van der Waals surface area contributed by atoms with Crippen LogP contribution in [0.1, 0.15) is 6.42 Å². The molecule has 0 aromatic carbocycles. The highest BCUT2D eigenvalue weighted by molar-refractivity contribution is 7.94. The second-order valence-corrected chi connectivity index (χ2v) is 6.98. The van der Waals surface area contributed by atoms with Crippen molar-refractivity contribution in [3.05, 3.63) is 0 Å². The van der Waals surface area contributed by atoms with E-state index in [0.29, 0.717) is 0 Å². The van der Waals surface area contributed by atoms with Crippen LogP contribution in [0.25, 0.3) is 0 Å². The fourth-order valence-corrected chi connectivity index (χ4v) is 4.90. The number of hydrogen-bond donors (Lipinski definition) is 0. The second-order valence-electron chi connectivity index (χ2n) is 4.68. The Morgan fingerprint density at radius 3 is 1.22 bits per heavy atom. The zero-order valence-corrected chi connectivity index (χ0v) is 10.9. The first-order valence-corrected chi connectivity index (χ1v) is 6.76. The van der Waals surface area contributed by atoms with E-state index in [1.54, 1.807) is 0 Å². The first kappa shape index (κ1) is 20.2. The molecular weight excluding hydrogens is 388 g/mol. The monoisotopic (exact) mass is 392 g/mol. The molecule has 1 heterocycles. The smallest absolute Gasteiger partial charge is 0.227 e. The molecule has 1 aliphatic rings. The minimum atomic E-state index is -7.39. The van der Waals surface area contributed by atoms with Gasteiger partial charge < -0.3 is 0 Å². The third-order valence-electron chi connectivity index (χ3n) is 3.35. The van der Waals surface area contributed by atoms with Crippen LogP contribution in [0.2, 0.25) is 0 Å². The molecule has 2 atom stereocenters. The van der Waals surface area contributed by atoms with Crippen molar-refractivity contribution < 1.29 is 61.1 Å². The van der Waals surface area contributed by atoms with Gasteiger partial charge in [0.2, 0.25) is 0 Å². The Hall–Kier alpha value is -0.890. The van der Waals surface area contributed by atoms with Crippen molar-refractivity contribution in [1.29, 1.82) is 0 Å². The van der Waals surface area contributed by atoms with E-state index in [-0.39, 0.29) is 0 Å². The van der Waals surface area contributed by atoms with Gasteiger partial charge in [0.15, 0.2) is 15.1 Å². The summed E-state index contributed by atoms with van der Waals surface area (Å²) in [4.78, 5) is 0. The molecule has 0 aliphatic carbocycles. The van der Waals surface area contributed by atoms with Gasteiger partial charge in [0.25, 0.3) is 4.75 Å². The highest BCUT2D eigenvalue weighted by atomic mass is 32.2. The van der Waals surface area contributed by atoms with Crippen LogP contribution in [0, 0.1) is 5.92 Å². The summed E-state index contributed by atoms with van der Waals surface area (Å²) in [6, 6.07) is 0. The third kappa shape index (κ3) is 2.73. The van der Waals surface area contributed by atoms with Crippen LogP contribution in [0.5, 0.6) is 0 Å². The normalized spacial score (nSPS) is 28.9. The van der Waals surface area contributed by atoms with E-state index in [1.165, 1.54) is 0 Å². The molecule has 0 saturated carbocycles. The molecule has 0 spiro atoms. The third-order valence-corrected chi connectivity index (χ3v) is 6.22. The summed E-state index contributed by atoms with van der Waals surface area (Å²) >= 11 is 0. The first-order valence-electron chi connectivity index (χ1n) is 5.21. The number of halogens is 12. The van der Waals surface area contributed by atoms with Crippen molar-refractivity contribution in [2.24, 2.45) is 5.92 Å². The highest BCUT2D eigenvalue weighted by Crippen LogP contribution is 2.63. The molecule has 138 valence electrons. The van der Waals surface area contributed by atoms with Gasteiger partial charge >= 0.3 is 24.7 Å². The standard InChI is InChI=1S/C8H4F12O2S/c9-5(10,11)2-1-4(7(15,16)17,8(18,19)20)23(21,22)3(2)6(12,13)14/h2-3H,1H2. The molecule has 0 aromatic rings.